The summed E-state index contributed by atoms with van der Waals surface area (Å²) in [6.45, 7) is 1.98. The molecule has 1 unspecified atom stereocenters. The summed E-state index contributed by atoms with van der Waals surface area (Å²) in [5, 5.41) is 10.9. The Labute approximate surface area is 107 Å². The minimum absolute atomic E-state index is 0.342. The van der Waals surface area contributed by atoms with Gasteiger partial charge in [0, 0.05) is 25.0 Å². The fourth-order valence-corrected chi connectivity index (χ4v) is 3.14. The van der Waals surface area contributed by atoms with Gasteiger partial charge in [0.15, 0.2) is 5.13 Å². The Bertz CT molecular complexity index is 378. The summed E-state index contributed by atoms with van der Waals surface area (Å²) in [6.07, 6.45) is 2.67. The van der Waals surface area contributed by atoms with Gasteiger partial charge in [0.1, 0.15) is 0 Å². The lowest BCUT2D eigenvalue weighted by Crippen LogP contribution is -2.28. The first-order valence-electron chi connectivity index (χ1n) is 6.11. The summed E-state index contributed by atoms with van der Waals surface area (Å²) < 4.78 is 0. The number of anilines is 1. The van der Waals surface area contributed by atoms with Gasteiger partial charge in [-0.05, 0) is 33.4 Å². The number of thiazole rings is 1. The van der Waals surface area contributed by atoms with Crippen molar-refractivity contribution in [3.63, 3.8) is 0 Å². The molecule has 1 atom stereocenters. The first-order valence-corrected chi connectivity index (χ1v) is 6.93. The van der Waals surface area contributed by atoms with E-state index in [9.17, 15) is 5.11 Å². The molecule has 1 aliphatic carbocycles. The quantitative estimate of drug-likeness (QED) is 0.885. The van der Waals surface area contributed by atoms with Gasteiger partial charge in [-0.15, -0.1) is 11.3 Å². The fraction of sp³-hybridized carbons (Fsp3) is 0.750. The second kappa shape index (κ2) is 5.33. The Kier molecular flexibility index (Phi) is 4.01. The summed E-state index contributed by atoms with van der Waals surface area (Å²) in [6, 6.07) is 0. The predicted octanol–water partition coefficient (Wildman–Crippen LogP) is 1.51. The van der Waals surface area contributed by atoms with Crippen LogP contribution in [0.1, 0.15) is 29.5 Å². The number of fused-ring (bicyclic) bond motifs is 1. The molecule has 0 fully saturated rings. The Morgan fingerprint density at radius 3 is 2.76 bits per heavy atom. The van der Waals surface area contributed by atoms with Gasteiger partial charge in [0.05, 0.1) is 11.8 Å². The largest absolute Gasteiger partial charge is 0.387 e. The normalized spacial score (nSPS) is 19.5. The molecule has 17 heavy (non-hydrogen) atoms. The summed E-state index contributed by atoms with van der Waals surface area (Å²) in [4.78, 5) is 10.2. The lowest BCUT2D eigenvalue weighted by atomic mass is 10.0. The highest BCUT2D eigenvalue weighted by Crippen LogP contribution is 2.36. The van der Waals surface area contributed by atoms with Gasteiger partial charge in [0.2, 0.25) is 0 Å². The van der Waals surface area contributed by atoms with Crippen LogP contribution in [0.25, 0.3) is 0 Å². The van der Waals surface area contributed by atoms with Crippen LogP contribution >= 0.6 is 11.3 Å². The molecule has 2 rings (SSSR count). The highest BCUT2D eigenvalue weighted by molar-refractivity contribution is 7.15. The number of aliphatic hydroxyl groups is 1. The molecule has 1 aliphatic rings. The van der Waals surface area contributed by atoms with Gasteiger partial charge in [-0.2, -0.15) is 0 Å². The molecule has 0 amide bonds. The second-order valence-corrected chi connectivity index (χ2v) is 6.00. The molecular formula is C12H21N3OS. The van der Waals surface area contributed by atoms with E-state index in [1.54, 1.807) is 11.3 Å². The topological polar surface area (TPSA) is 39.6 Å². The zero-order chi connectivity index (χ0) is 12.4. The highest BCUT2D eigenvalue weighted by atomic mass is 32.1. The number of hydrogen-bond donors (Lipinski definition) is 1. The number of rotatable bonds is 4. The molecule has 4 nitrogen and oxygen atoms in total. The number of aromatic nitrogens is 1. The smallest absolute Gasteiger partial charge is 0.185 e. The lowest BCUT2D eigenvalue weighted by Gasteiger charge is -2.18. The molecule has 1 aromatic heterocycles. The molecular weight excluding hydrogens is 234 g/mol. The Balaban J connectivity index is 2.06. The van der Waals surface area contributed by atoms with Crippen LogP contribution in [0.5, 0.6) is 0 Å². The first-order chi connectivity index (χ1) is 8.08. The maximum absolute atomic E-state index is 9.89. The summed E-state index contributed by atoms with van der Waals surface area (Å²) in [7, 11) is 6.22. The first kappa shape index (κ1) is 12.8. The third kappa shape index (κ3) is 2.97. The molecule has 0 spiro atoms. The summed E-state index contributed by atoms with van der Waals surface area (Å²) in [5.74, 6) is 0. The standard InChI is InChI=1S/C12H21N3OS/c1-14(2)7-8-15(3)12-13-11-9(16)5-4-6-10(11)17-12/h9,16H,4-8H2,1-3H3. The molecule has 0 saturated heterocycles. The average Bonchev–Trinajstić information content (AvgIpc) is 2.71. The number of nitrogens with zero attached hydrogens (tertiary/aromatic N) is 3. The Hall–Kier alpha value is -0.650. The van der Waals surface area contributed by atoms with Gasteiger partial charge in [-0.1, -0.05) is 0 Å². The molecule has 1 aromatic rings. The SMILES string of the molecule is CN(C)CCN(C)c1nc2c(s1)CCCC2O. The number of likely N-dealkylation sites (N-methyl/N-ethyl adjacent to an activating group) is 2. The third-order valence-corrected chi connectivity index (χ3v) is 4.37. The van der Waals surface area contributed by atoms with Crippen molar-refractivity contribution >= 4 is 16.5 Å². The molecule has 0 aliphatic heterocycles. The van der Waals surface area contributed by atoms with Crippen molar-refractivity contribution in [2.75, 3.05) is 39.1 Å². The fourth-order valence-electron chi connectivity index (χ4n) is 1.99. The zero-order valence-corrected chi connectivity index (χ0v) is 11.6. The Morgan fingerprint density at radius 2 is 2.12 bits per heavy atom. The lowest BCUT2D eigenvalue weighted by molar-refractivity contribution is 0.153. The van der Waals surface area contributed by atoms with Crippen molar-refractivity contribution in [1.82, 2.24) is 9.88 Å². The molecule has 1 heterocycles. The number of aryl methyl sites for hydroxylation is 1. The van der Waals surface area contributed by atoms with Crippen molar-refractivity contribution in [3.8, 4) is 0 Å². The van der Waals surface area contributed by atoms with E-state index in [2.05, 4.69) is 35.9 Å². The van der Waals surface area contributed by atoms with Gasteiger partial charge in [0.25, 0.3) is 0 Å². The minimum Gasteiger partial charge on any atom is -0.387 e. The van der Waals surface area contributed by atoms with Crippen molar-refractivity contribution in [3.05, 3.63) is 10.6 Å². The van der Waals surface area contributed by atoms with Crippen LogP contribution in [0.15, 0.2) is 0 Å². The van der Waals surface area contributed by atoms with E-state index < -0.39 is 0 Å². The van der Waals surface area contributed by atoms with Crippen LogP contribution in [0.4, 0.5) is 5.13 Å². The van der Waals surface area contributed by atoms with E-state index >= 15 is 0 Å². The van der Waals surface area contributed by atoms with Gasteiger partial charge in [-0.3, -0.25) is 0 Å². The molecule has 0 bridgehead atoms. The van der Waals surface area contributed by atoms with E-state index in [1.165, 1.54) is 4.88 Å². The molecule has 0 saturated carbocycles. The highest BCUT2D eigenvalue weighted by Gasteiger charge is 2.23. The van der Waals surface area contributed by atoms with E-state index in [0.29, 0.717) is 0 Å². The van der Waals surface area contributed by atoms with Crippen LogP contribution in [-0.2, 0) is 6.42 Å². The van der Waals surface area contributed by atoms with Gasteiger partial charge in [-0.25, -0.2) is 4.98 Å². The predicted molar refractivity (Wildman–Crippen MR) is 71.8 cm³/mol. The van der Waals surface area contributed by atoms with E-state index in [-0.39, 0.29) is 6.10 Å². The van der Waals surface area contributed by atoms with Crippen LogP contribution in [0, 0.1) is 0 Å². The third-order valence-electron chi connectivity index (χ3n) is 3.12. The molecule has 1 N–H and O–H groups in total. The number of aliphatic hydroxyl groups excluding tert-OH is 1. The molecule has 96 valence electrons. The number of hydrogen-bond acceptors (Lipinski definition) is 5. The summed E-state index contributed by atoms with van der Waals surface area (Å²) >= 11 is 1.74. The average molecular weight is 255 g/mol. The van der Waals surface area contributed by atoms with Crippen LogP contribution in [-0.4, -0.2) is 49.2 Å². The van der Waals surface area contributed by atoms with Crippen LogP contribution < -0.4 is 4.90 Å². The zero-order valence-electron chi connectivity index (χ0n) is 10.8. The van der Waals surface area contributed by atoms with Gasteiger partial charge >= 0.3 is 0 Å². The molecule has 0 aromatic carbocycles. The monoisotopic (exact) mass is 255 g/mol. The van der Waals surface area contributed by atoms with Crippen LogP contribution in [0.2, 0.25) is 0 Å². The van der Waals surface area contributed by atoms with Crippen molar-refractivity contribution in [2.45, 2.75) is 25.4 Å². The summed E-state index contributed by atoms with van der Waals surface area (Å²) in [5.41, 5.74) is 0.924. The maximum atomic E-state index is 9.89. The minimum atomic E-state index is -0.342. The second-order valence-electron chi connectivity index (χ2n) is 4.94. The van der Waals surface area contributed by atoms with Crippen molar-refractivity contribution in [2.24, 2.45) is 0 Å². The van der Waals surface area contributed by atoms with Crippen LogP contribution in [0.3, 0.4) is 0 Å². The van der Waals surface area contributed by atoms with Crippen molar-refractivity contribution in [1.29, 1.82) is 0 Å². The maximum Gasteiger partial charge on any atom is 0.185 e. The molecule has 5 heteroatoms. The van der Waals surface area contributed by atoms with E-state index in [4.69, 9.17) is 0 Å². The van der Waals surface area contributed by atoms with Gasteiger partial charge < -0.3 is 14.9 Å². The van der Waals surface area contributed by atoms with E-state index in [0.717, 1.165) is 43.2 Å². The van der Waals surface area contributed by atoms with E-state index in [1.807, 2.05) is 0 Å². The Morgan fingerprint density at radius 1 is 1.35 bits per heavy atom. The van der Waals surface area contributed by atoms with Crippen molar-refractivity contribution < 1.29 is 5.11 Å². The molecule has 0 radical (unpaired) electrons.